The van der Waals surface area contributed by atoms with Crippen molar-refractivity contribution in [1.82, 2.24) is 4.98 Å². The molecule has 0 aliphatic carbocycles. The summed E-state index contributed by atoms with van der Waals surface area (Å²) in [5.74, 6) is 0.323. The van der Waals surface area contributed by atoms with Gasteiger partial charge in [-0.15, -0.1) is 0 Å². The lowest BCUT2D eigenvalue weighted by atomic mass is 10.1. The van der Waals surface area contributed by atoms with Crippen LogP contribution in [0.3, 0.4) is 0 Å². The van der Waals surface area contributed by atoms with Crippen molar-refractivity contribution in [3.05, 3.63) is 75.6 Å². The van der Waals surface area contributed by atoms with Gasteiger partial charge >= 0.3 is 5.97 Å². The molecular weight excluding hydrogens is 410 g/mol. The van der Waals surface area contributed by atoms with E-state index in [-0.39, 0.29) is 0 Å². The Hall–Kier alpha value is -3.45. The van der Waals surface area contributed by atoms with Gasteiger partial charge in [0.15, 0.2) is 0 Å². The molecule has 4 aromatic rings. The summed E-state index contributed by atoms with van der Waals surface area (Å²) in [7, 11) is 1.36. The number of carbonyl (C=O) groups is 1. The van der Waals surface area contributed by atoms with Crippen LogP contribution in [0.1, 0.15) is 33.4 Å². The number of hydrogen-bond donors (Lipinski definition) is 1. The average molecular weight is 434 g/mol. The Morgan fingerprint density at radius 3 is 2.65 bits per heavy atom. The first kappa shape index (κ1) is 20.8. The lowest BCUT2D eigenvalue weighted by molar-refractivity contribution is 0.0605. The van der Waals surface area contributed by atoms with Crippen molar-refractivity contribution in [2.75, 3.05) is 12.5 Å². The minimum absolute atomic E-state index is 0.402. The van der Waals surface area contributed by atoms with Crippen LogP contribution < -0.4 is 10.8 Å². The Morgan fingerprint density at radius 2 is 1.94 bits per heavy atom. The molecule has 0 spiro atoms. The predicted molar refractivity (Wildman–Crippen MR) is 123 cm³/mol. The van der Waals surface area contributed by atoms with E-state index >= 15 is 0 Å². The maximum atomic E-state index is 11.9. The fourth-order valence-corrected chi connectivity index (χ4v) is 4.05. The monoisotopic (exact) mass is 433 g/mol. The third-order valence-electron chi connectivity index (χ3n) is 4.99. The maximum absolute atomic E-state index is 11.9. The maximum Gasteiger partial charge on any atom is 0.350 e. The van der Waals surface area contributed by atoms with Crippen LogP contribution in [0, 0.1) is 13.8 Å². The molecule has 0 aliphatic rings. The van der Waals surface area contributed by atoms with E-state index in [1.165, 1.54) is 29.6 Å². The van der Waals surface area contributed by atoms with Gasteiger partial charge in [0.2, 0.25) is 5.13 Å². The molecule has 0 aliphatic heterocycles. The Morgan fingerprint density at radius 1 is 1.16 bits per heavy atom. The number of rotatable bonds is 5. The zero-order valence-corrected chi connectivity index (χ0v) is 18.7. The van der Waals surface area contributed by atoms with Crippen LogP contribution in [-0.2, 0) is 11.2 Å². The molecule has 0 saturated heterocycles. The number of nitrogens with one attached hydrogen (secondary N) is 1. The first-order valence-corrected chi connectivity index (χ1v) is 10.8. The van der Waals surface area contributed by atoms with Gasteiger partial charge in [0, 0.05) is 17.0 Å². The number of methoxy groups -OCH3 is 1. The van der Waals surface area contributed by atoms with E-state index in [0.29, 0.717) is 15.7 Å². The van der Waals surface area contributed by atoms with Crippen molar-refractivity contribution in [1.29, 1.82) is 0 Å². The fraction of sp³-hybridized carbons (Fsp3) is 0.208. The number of aromatic nitrogens is 1. The second-order valence-electron chi connectivity index (χ2n) is 7.19. The summed E-state index contributed by atoms with van der Waals surface area (Å²) in [6.45, 7) is 5.94. The van der Waals surface area contributed by atoms with Gasteiger partial charge in [-0.25, -0.2) is 9.78 Å². The minimum Gasteiger partial charge on any atom is -0.465 e. The standard InChI is InChI=1S/C24H23N3O3S/c1-5-16-8-11-20-18(12-16)19(13-21(30-20)17-9-6-14(2)7-10-17)26-27-24-25-15(3)22(31-24)23(28)29-4/h6-13H,5H2,1-4H3,(H,25,27). The topological polar surface area (TPSA) is 76.7 Å². The number of nitrogens with zero attached hydrogens (tertiary/aromatic N) is 2. The molecule has 0 saturated carbocycles. The molecule has 6 nitrogen and oxygen atoms in total. The van der Waals surface area contributed by atoms with E-state index in [4.69, 9.17) is 9.15 Å². The molecule has 0 fully saturated rings. The molecule has 158 valence electrons. The predicted octanol–water partition coefficient (Wildman–Crippen LogP) is 5.45. The highest BCUT2D eigenvalue weighted by atomic mass is 32.1. The summed E-state index contributed by atoms with van der Waals surface area (Å²) in [4.78, 5) is 16.7. The van der Waals surface area contributed by atoms with Crippen LogP contribution in [0.5, 0.6) is 0 Å². The van der Waals surface area contributed by atoms with E-state index in [1.807, 2.05) is 24.3 Å². The Kier molecular flexibility index (Phi) is 5.86. The number of carbonyl (C=O) groups excluding carboxylic acids is 1. The highest BCUT2D eigenvalue weighted by Crippen LogP contribution is 2.25. The lowest BCUT2D eigenvalue weighted by Crippen LogP contribution is -2.08. The minimum atomic E-state index is -0.402. The van der Waals surface area contributed by atoms with Crippen molar-refractivity contribution in [2.45, 2.75) is 27.2 Å². The third kappa shape index (κ3) is 4.36. The van der Waals surface area contributed by atoms with Crippen LogP contribution in [0.15, 0.2) is 58.0 Å². The molecule has 2 aromatic carbocycles. The molecule has 31 heavy (non-hydrogen) atoms. The van der Waals surface area contributed by atoms with E-state index in [2.05, 4.69) is 53.6 Å². The lowest BCUT2D eigenvalue weighted by Gasteiger charge is -2.07. The molecule has 4 rings (SSSR count). The van der Waals surface area contributed by atoms with E-state index < -0.39 is 5.97 Å². The highest BCUT2D eigenvalue weighted by Gasteiger charge is 2.15. The normalized spacial score (nSPS) is 11.7. The van der Waals surface area contributed by atoms with Gasteiger partial charge in [0.1, 0.15) is 16.2 Å². The van der Waals surface area contributed by atoms with Crippen LogP contribution in [0.4, 0.5) is 5.13 Å². The van der Waals surface area contributed by atoms with Gasteiger partial charge in [0.25, 0.3) is 0 Å². The Balaban J connectivity index is 1.82. The first-order valence-electron chi connectivity index (χ1n) is 9.97. The molecule has 0 amide bonds. The summed E-state index contributed by atoms with van der Waals surface area (Å²) in [5, 5.41) is 6.78. The van der Waals surface area contributed by atoms with E-state index in [1.54, 1.807) is 6.92 Å². The Bertz CT molecular complexity index is 1320. The zero-order valence-electron chi connectivity index (χ0n) is 17.9. The summed E-state index contributed by atoms with van der Waals surface area (Å²) in [5.41, 5.74) is 7.71. The number of ether oxygens (including phenoxy) is 1. The van der Waals surface area contributed by atoms with Crippen LogP contribution in [-0.4, -0.2) is 18.1 Å². The van der Waals surface area contributed by atoms with Crippen LogP contribution in [0.25, 0.3) is 22.3 Å². The highest BCUT2D eigenvalue weighted by molar-refractivity contribution is 7.17. The molecule has 0 atom stereocenters. The SMILES string of the molecule is CCc1ccc2oc(-c3ccc(C)cc3)cc(=NNc3nc(C)c(C(=O)OC)s3)c2c1. The molecule has 0 unspecified atom stereocenters. The van der Waals surface area contributed by atoms with Crippen molar-refractivity contribution in [3.63, 3.8) is 0 Å². The molecule has 2 heterocycles. The van der Waals surface area contributed by atoms with Crippen molar-refractivity contribution in [2.24, 2.45) is 5.10 Å². The third-order valence-corrected chi connectivity index (χ3v) is 6.03. The first-order chi connectivity index (χ1) is 15.0. The van der Waals surface area contributed by atoms with Gasteiger partial charge < -0.3 is 9.15 Å². The fourth-order valence-electron chi connectivity index (χ4n) is 3.22. The number of hydrogen-bond acceptors (Lipinski definition) is 7. The van der Waals surface area contributed by atoms with Crippen molar-refractivity contribution in [3.8, 4) is 11.3 Å². The zero-order chi connectivity index (χ0) is 22.0. The summed E-state index contributed by atoms with van der Waals surface area (Å²) >= 11 is 1.21. The summed E-state index contributed by atoms with van der Waals surface area (Å²) < 4.78 is 11.0. The van der Waals surface area contributed by atoms with Crippen molar-refractivity contribution >= 4 is 33.4 Å². The molecule has 2 aromatic heterocycles. The van der Waals surface area contributed by atoms with Gasteiger partial charge in [-0.05, 0) is 38.0 Å². The molecule has 7 heteroatoms. The van der Waals surface area contributed by atoms with Gasteiger partial charge in [0.05, 0.1) is 18.2 Å². The van der Waals surface area contributed by atoms with E-state index in [9.17, 15) is 4.79 Å². The van der Waals surface area contributed by atoms with Crippen molar-refractivity contribution < 1.29 is 13.9 Å². The van der Waals surface area contributed by atoms with E-state index in [0.717, 1.165) is 34.1 Å². The van der Waals surface area contributed by atoms with Crippen LogP contribution in [0.2, 0.25) is 0 Å². The number of aryl methyl sites for hydroxylation is 3. The smallest absolute Gasteiger partial charge is 0.350 e. The molecule has 1 N–H and O–H groups in total. The Labute approximate surface area is 184 Å². The number of fused-ring (bicyclic) bond motifs is 1. The van der Waals surface area contributed by atoms with Gasteiger partial charge in [-0.3, -0.25) is 5.43 Å². The summed E-state index contributed by atoms with van der Waals surface area (Å²) in [6, 6.07) is 16.2. The number of esters is 1. The largest absolute Gasteiger partial charge is 0.465 e. The second-order valence-corrected chi connectivity index (χ2v) is 8.19. The van der Waals surface area contributed by atoms with Crippen LogP contribution >= 0.6 is 11.3 Å². The molecular formula is C24H23N3O3S. The number of anilines is 1. The molecule has 0 bridgehead atoms. The average Bonchev–Trinajstić information content (AvgIpc) is 3.17. The quantitative estimate of drug-likeness (QED) is 0.334. The number of benzene rings is 2. The number of thiazole rings is 1. The molecule has 0 radical (unpaired) electrons. The summed E-state index contributed by atoms with van der Waals surface area (Å²) in [6.07, 6.45) is 0.913. The second kappa shape index (κ2) is 8.73. The van der Waals surface area contributed by atoms with Gasteiger partial charge in [-0.2, -0.15) is 5.10 Å². The van der Waals surface area contributed by atoms with Gasteiger partial charge in [-0.1, -0.05) is 54.2 Å².